The number of halogens is 1. The molecule has 126 valence electrons. The van der Waals surface area contributed by atoms with E-state index < -0.39 is 0 Å². The van der Waals surface area contributed by atoms with Crippen molar-refractivity contribution in [3.63, 3.8) is 0 Å². The third-order valence-corrected chi connectivity index (χ3v) is 5.74. The van der Waals surface area contributed by atoms with Gasteiger partial charge in [-0.3, -0.25) is 4.90 Å². The molecule has 0 spiro atoms. The molecule has 2 N–H and O–H groups in total. The number of nitrogens with zero attached hydrogens (tertiary/aromatic N) is 2. The molecule has 2 aromatic carbocycles. The number of hydrogen-bond acceptors (Lipinski definition) is 3. The average molecular weight is 342 g/mol. The Morgan fingerprint density at radius 1 is 1.04 bits per heavy atom. The second-order valence-electron chi connectivity index (χ2n) is 6.93. The largest absolute Gasteiger partial charge is 0.399 e. The Morgan fingerprint density at radius 2 is 1.83 bits per heavy atom. The lowest BCUT2D eigenvalue weighted by atomic mass is 10.00. The Morgan fingerprint density at radius 3 is 2.62 bits per heavy atom. The molecule has 1 fully saturated rings. The minimum absolute atomic E-state index is 0.635. The Bertz CT molecular complexity index is 723. The molecule has 4 rings (SSSR count). The summed E-state index contributed by atoms with van der Waals surface area (Å²) in [6.07, 6.45) is 2.45. The summed E-state index contributed by atoms with van der Waals surface area (Å²) in [5, 5.41) is 0.853. The van der Waals surface area contributed by atoms with Crippen molar-refractivity contribution < 1.29 is 0 Å². The van der Waals surface area contributed by atoms with E-state index in [-0.39, 0.29) is 0 Å². The van der Waals surface area contributed by atoms with Crippen LogP contribution in [0.2, 0.25) is 5.02 Å². The highest BCUT2D eigenvalue weighted by Crippen LogP contribution is 2.35. The second-order valence-corrected chi connectivity index (χ2v) is 7.34. The number of rotatable bonds is 3. The van der Waals surface area contributed by atoms with Crippen molar-refractivity contribution in [3.05, 3.63) is 58.6 Å². The van der Waals surface area contributed by atoms with E-state index in [4.69, 9.17) is 17.3 Å². The van der Waals surface area contributed by atoms with Crippen LogP contribution in [-0.4, -0.2) is 37.6 Å². The lowest BCUT2D eigenvalue weighted by Crippen LogP contribution is -2.47. The number of nitrogens with two attached hydrogens (primary N) is 1. The zero-order valence-corrected chi connectivity index (χ0v) is 14.7. The molecule has 1 unspecified atom stereocenters. The molecule has 0 amide bonds. The van der Waals surface area contributed by atoms with Crippen LogP contribution in [0.25, 0.3) is 0 Å². The molecule has 3 nitrogen and oxygen atoms in total. The van der Waals surface area contributed by atoms with E-state index in [2.05, 4.69) is 34.1 Å². The number of piperazine rings is 1. The predicted molar refractivity (Wildman–Crippen MR) is 102 cm³/mol. The summed E-state index contributed by atoms with van der Waals surface area (Å²) in [5.41, 5.74) is 11.0. The summed E-state index contributed by atoms with van der Waals surface area (Å²) >= 11 is 6.34. The molecule has 1 heterocycles. The van der Waals surface area contributed by atoms with Gasteiger partial charge in [0.15, 0.2) is 0 Å². The van der Waals surface area contributed by atoms with Gasteiger partial charge in [0.2, 0.25) is 0 Å². The Kier molecular flexibility index (Phi) is 4.38. The number of anilines is 2. The SMILES string of the molecule is Nc1ccc2c(c1)C(CN1CCN(c3ccccc3Cl)CC1)CC2. The fraction of sp³-hybridized carbons (Fsp3) is 0.400. The number of benzene rings is 2. The minimum Gasteiger partial charge on any atom is -0.399 e. The molecule has 1 saturated heterocycles. The van der Waals surface area contributed by atoms with Crippen molar-refractivity contribution in [3.8, 4) is 0 Å². The molecule has 1 aliphatic carbocycles. The van der Waals surface area contributed by atoms with E-state index in [1.165, 1.54) is 24.0 Å². The topological polar surface area (TPSA) is 32.5 Å². The van der Waals surface area contributed by atoms with Crippen LogP contribution in [0.5, 0.6) is 0 Å². The molecule has 0 radical (unpaired) electrons. The van der Waals surface area contributed by atoms with E-state index in [1.54, 1.807) is 0 Å². The van der Waals surface area contributed by atoms with Crippen molar-refractivity contribution in [1.29, 1.82) is 0 Å². The fourth-order valence-corrected chi connectivity index (χ4v) is 4.34. The maximum atomic E-state index is 6.34. The summed E-state index contributed by atoms with van der Waals surface area (Å²) in [6.45, 7) is 5.42. The van der Waals surface area contributed by atoms with Crippen molar-refractivity contribution in [2.24, 2.45) is 0 Å². The van der Waals surface area contributed by atoms with Crippen LogP contribution in [0, 0.1) is 0 Å². The molecule has 1 aliphatic heterocycles. The van der Waals surface area contributed by atoms with Crippen LogP contribution in [0.15, 0.2) is 42.5 Å². The number of fused-ring (bicyclic) bond motifs is 1. The summed E-state index contributed by atoms with van der Waals surface area (Å²) in [6, 6.07) is 14.6. The van der Waals surface area contributed by atoms with Crippen LogP contribution in [0.4, 0.5) is 11.4 Å². The van der Waals surface area contributed by atoms with E-state index in [0.29, 0.717) is 5.92 Å². The van der Waals surface area contributed by atoms with E-state index in [9.17, 15) is 0 Å². The Hall–Kier alpha value is -1.71. The van der Waals surface area contributed by atoms with E-state index >= 15 is 0 Å². The molecule has 4 heteroatoms. The van der Waals surface area contributed by atoms with Crippen LogP contribution in [-0.2, 0) is 6.42 Å². The quantitative estimate of drug-likeness (QED) is 0.862. The maximum absolute atomic E-state index is 6.34. The van der Waals surface area contributed by atoms with Gasteiger partial charge in [0, 0.05) is 38.4 Å². The van der Waals surface area contributed by atoms with Crippen LogP contribution in [0.3, 0.4) is 0 Å². The van der Waals surface area contributed by atoms with Gasteiger partial charge < -0.3 is 10.6 Å². The zero-order valence-electron chi connectivity index (χ0n) is 13.9. The lowest BCUT2D eigenvalue weighted by molar-refractivity contribution is 0.241. The van der Waals surface area contributed by atoms with Gasteiger partial charge in [-0.2, -0.15) is 0 Å². The van der Waals surface area contributed by atoms with Crippen molar-refractivity contribution in [2.75, 3.05) is 43.4 Å². The zero-order chi connectivity index (χ0) is 16.5. The van der Waals surface area contributed by atoms with Gasteiger partial charge in [-0.25, -0.2) is 0 Å². The highest BCUT2D eigenvalue weighted by molar-refractivity contribution is 6.33. The van der Waals surface area contributed by atoms with Gasteiger partial charge in [-0.15, -0.1) is 0 Å². The molecule has 0 bridgehead atoms. The Balaban J connectivity index is 1.38. The smallest absolute Gasteiger partial charge is 0.0639 e. The standard InChI is InChI=1S/C20H24ClN3/c21-19-3-1-2-4-20(19)24-11-9-23(10-12-24)14-16-6-5-15-7-8-17(22)13-18(15)16/h1-4,7-8,13,16H,5-6,9-12,14,22H2. The summed E-state index contributed by atoms with van der Waals surface area (Å²) in [4.78, 5) is 5.00. The number of aryl methyl sites for hydroxylation is 1. The van der Waals surface area contributed by atoms with Crippen molar-refractivity contribution in [1.82, 2.24) is 4.90 Å². The molecule has 0 saturated carbocycles. The number of nitrogen functional groups attached to an aromatic ring is 1. The Labute approximate surface area is 149 Å². The van der Waals surface area contributed by atoms with Gasteiger partial charge in [0.25, 0.3) is 0 Å². The van der Waals surface area contributed by atoms with Crippen LogP contribution >= 0.6 is 11.6 Å². The van der Waals surface area contributed by atoms with Crippen LogP contribution in [0.1, 0.15) is 23.5 Å². The third kappa shape index (κ3) is 3.11. The van der Waals surface area contributed by atoms with Gasteiger partial charge >= 0.3 is 0 Å². The maximum Gasteiger partial charge on any atom is 0.0639 e. The van der Waals surface area contributed by atoms with Gasteiger partial charge in [-0.1, -0.05) is 29.8 Å². The van der Waals surface area contributed by atoms with E-state index in [0.717, 1.165) is 49.1 Å². The second kappa shape index (κ2) is 6.66. The first-order valence-corrected chi connectivity index (χ1v) is 9.18. The van der Waals surface area contributed by atoms with Gasteiger partial charge in [0.1, 0.15) is 0 Å². The molecule has 2 aliphatic rings. The summed E-state index contributed by atoms with van der Waals surface area (Å²) in [7, 11) is 0. The fourth-order valence-electron chi connectivity index (χ4n) is 4.09. The highest BCUT2D eigenvalue weighted by Gasteiger charge is 2.26. The molecule has 0 aromatic heterocycles. The molecular weight excluding hydrogens is 318 g/mol. The first-order chi connectivity index (χ1) is 11.7. The molecule has 24 heavy (non-hydrogen) atoms. The molecule has 2 aromatic rings. The monoisotopic (exact) mass is 341 g/mol. The van der Waals surface area contributed by atoms with Crippen LogP contribution < -0.4 is 10.6 Å². The highest BCUT2D eigenvalue weighted by atomic mass is 35.5. The molecular formula is C20H24ClN3. The summed E-state index contributed by atoms with van der Waals surface area (Å²) in [5.74, 6) is 0.635. The first-order valence-electron chi connectivity index (χ1n) is 8.81. The third-order valence-electron chi connectivity index (χ3n) is 5.42. The first kappa shape index (κ1) is 15.8. The average Bonchev–Trinajstić information content (AvgIpc) is 2.98. The molecule has 1 atom stereocenters. The number of hydrogen-bond donors (Lipinski definition) is 1. The summed E-state index contributed by atoms with van der Waals surface area (Å²) < 4.78 is 0. The minimum atomic E-state index is 0.635. The van der Waals surface area contributed by atoms with E-state index in [1.807, 2.05) is 18.2 Å². The van der Waals surface area contributed by atoms with Gasteiger partial charge in [0.05, 0.1) is 10.7 Å². The normalized spacial score (nSPS) is 21.0. The lowest BCUT2D eigenvalue weighted by Gasteiger charge is -2.37. The predicted octanol–water partition coefficient (Wildman–Crippen LogP) is 3.77. The van der Waals surface area contributed by atoms with Crippen molar-refractivity contribution in [2.45, 2.75) is 18.8 Å². The number of para-hydroxylation sites is 1. The van der Waals surface area contributed by atoms with Gasteiger partial charge in [-0.05, 0) is 54.2 Å². The van der Waals surface area contributed by atoms with Crippen molar-refractivity contribution >= 4 is 23.0 Å².